The van der Waals surface area contributed by atoms with Gasteiger partial charge in [-0.3, -0.25) is 0 Å². The maximum atomic E-state index is 5.41. The molecule has 0 fully saturated rings. The largest absolute Gasteiger partial charge is 0.497 e. The smallest absolute Gasteiger partial charge is 0.120 e. The Balaban J connectivity index is 2.19. The minimum atomic E-state index is 0.0982. The van der Waals surface area contributed by atoms with Gasteiger partial charge in [0.05, 0.1) is 12.6 Å². The lowest BCUT2D eigenvalue weighted by Crippen LogP contribution is -2.18. The van der Waals surface area contributed by atoms with Gasteiger partial charge in [0.2, 0.25) is 0 Å². The van der Waals surface area contributed by atoms with Crippen molar-refractivity contribution in [2.24, 2.45) is 0 Å². The number of fused-ring (bicyclic) bond motifs is 1. The summed E-state index contributed by atoms with van der Waals surface area (Å²) in [5.41, 5.74) is 3.99. The summed E-state index contributed by atoms with van der Waals surface area (Å²) < 4.78 is 7.82. The summed E-state index contributed by atoms with van der Waals surface area (Å²) in [6.45, 7) is 7.67. The van der Waals surface area contributed by atoms with E-state index < -0.39 is 0 Å². The fraction of sp³-hybridized carbons (Fsp3) is 0.300. The Morgan fingerprint density at radius 1 is 0.955 bits per heavy atom. The van der Waals surface area contributed by atoms with E-state index in [1.165, 1.54) is 22.2 Å². The predicted octanol–water partition coefficient (Wildman–Crippen LogP) is 5.00. The molecule has 1 heterocycles. The van der Waals surface area contributed by atoms with Crippen LogP contribution in [0.3, 0.4) is 0 Å². The van der Waals surface area contributed by atoms with Gasteiger partial charge in [-0.1, -0.05) is 51.1 Å². The molecule has 3 rings (SSSR count). The summed E-state index contributed by atoms with van der Waals surface area (Å²) in [5, 5.41) is 1.27. The first kappa shape index (κ1) is 14.7. The van der Waals surface area contributed by atoms with E-state index in [1.54, 1.807) is 7.11 Å². The number of nitrogens with zero attached hydrogens (tertiary/aromatic N) is 1. The lowest BCUT2D eigenvalue weighted by Gasteiger charge is -2.22. The number of aromatic nitrogens is 1. The van der Waals surface area contributed by atoms with Crippen molar-refractivity contribution in [2.75, 3.05) is 7.11 Å². The average Bonchev–Trinajstić information content (AvgIpc) is 2.86. The fourth-order valence-electron chi connectivity index (χ4n) is 2.92. The first-order chi connectivity index (χ1) is 10.5. The quantitative estimate of drug-likeness (QED) is 0.663. The van der Waals surface area contributed by atoms with Gasteiger partial charge >= 0.3 is 0 Å². The molecule has 0 atom stereocenters. The highest BCUT2D eigenvalue weighted by atomic mass is 16.5. The van der Waals surface area contributed by atoms with Gasteiger partial charge in [0.25, 0.3) is 0 Å². The molecule has 0 saturated heterocycles. The topological polar surface area (TPSA) is 14.2 Å². The van der Waals surface area contributed by atoms with Crippen LogP contribution in [0.1, 0.15) is 32.0 Å². The fourth-order valence-corrected chi connectivity index (χ4v) is 2.92. The Morgan fingerprint density at radius 3 is 2.32 bits per heavy atom. The summed E-state index contributed by atoms with van der Waals surface area (Å²) in [5.74, 6) is 0.903. The summed E-state index contributed by atoms with van der Waals surface area (Å²) in [4.78, 5) is 0. The van der Waals surface area contributed by atoms with Crippen LogP contribution >= 0.6 is 0 Å². The van der Waals surface area contributed by atoms with Crippen molar-refractivity contribution in [1.29, 1.82) is 0 Å². The van der Waals surface area contributed by atoms with Gasteiger partial charge in [-0.25, -0.2) is 0 Å². The van der Waals surface area contributed by atoms with E-state index in [-0.39, 0.29) is 5.41 Å². The zero-order chi connectivity index (χ0) is 15.7. The minimum Gasteiger partial charge on any atom is -0.497 e. The lowest BCUT2D eigenvalue weighted by atomic mass is 9.92. The van der Waals surface area contributed by atoms with E-state index in [9.17, 15) is 0 Å². The number of methoxy groups -OCH3 is 1. The van der Waals surface area contributed by atoms with Gasteiger partial charge in [0, 0.05) is 29.1 Å². The van der Waals surface area contributed by atoms with Crippen molar-refractivity contribution in [2.45, 2.75) is 32.7 Å². The molecule has 0 bridgehead atoms. The van der Waals surface area contributed by atoms with Gasteiger partial charge in [-0.15, -0.1) is 0 Å². The molecule has 0 aliphatic carbocycles. The summed E-state index contributed by atoms with van der Waals surface area (Å²) in [6, 6.07) is 19.2. The van der Waals surface area contributed by atoms with Gasteiger partial charge in [0.1, 0.15) is 5.75 Å². The third-order valence-electron chi connectivity index (χ3n) is 4.06. The molecule has 2 nitrogen and oxygen atoms in total. The molecular formula is C20H23NO. The molecule has 2 heteroatoms. The van der Waals surface area contributed by atoms with E-state index in [4.69, 9.17) is 4.74 Å². The minimum absolute atomic E-state index is 0.0982. The van der Waals surface area contributed by atoms with E-state index in [2.05, 4.69) is 73.9 Å². The van der Waals surface area contributed by atoms with Crippen molar-refractivity contribution < 1.29 is 4.74 Å². The van der Waals surface area contributed by atoms with Crippen LogP contribution in [0.15, 0.2) is 54.6 Å². The number of ether oxygens (including phenoxy) is 1. The van der Waals surface area contributed by atoms with Crippen molar-refractivity contribution in [3.8, 4) is 5.75 Å². The third kappa shape index (κ3) is 2.74. The molecule has 0 radical (unpaired) electrons. The highest BCUT2D eigenvalue weighted by molar-refractivity contribution is 5.83. The Labute approximate surface area is 132 Å². The summed E-state index contributed by atoms with van der Waals surface area (Å²) >= 11 is 0. The van der Waals surface area contributed by atoms with Gasteiger partial charge in [-0.2, -0.15) is 0 Å². The highest BCUT2D eigenvalue weighted by Gasteiger charge is 2.21. The van der Waals surface area contributed by atoms with E-state index in [0.29, 0.717) is 0 Å². The molecule has 3 aromatic rings. The van der Waals surface area contributed by atoms with Crippen LogP contribution < -0.4 is 4.74 Å². The standard InChI is InChI=1S/C20H23NO/c1-20(2,3)19-12-16-10-11-17(22-4)13-18(16)21(19)14-15-8-6-5-7-9-15/h5-13H,14H2,1-4H3. The molecule has 1 aromatic heterocycles. The molecular weight excluding hydrogens is 270 g/mol. The number of benzene rings is 2. The second-order valence-electron chi connectivity index (χ2n) is 6.78. The molecule has 0 aliphatic heterocycles. The van der Waals surface area contributed by atoms with Crippen LogP contribution in [0.4, 0.5) is 0 Å². The second-order valence-corrected chi connectivity index (χ2v) is 6.78. The maximum absolute atomic E-state index is 5.41. The first-order valence-electron chi connectivity index (χ1n) is 7.71. The monoisotopic (exact) mass is 293 g/mol. The number of hydrogen-bond acceptors (Lipinski definition) is 1. The van der Waals surface area contributed by atoms with E-state index >= 15 is 0 Å². The molecule has 0 N–H and O–H groups in total. The van der Waals surface area contributed by atoms with Crippen LogP contribution in [0.5, 0.6) is 5.75 Å². The molecule has 0 aliphatic rings. The lowest BCUT2D eigenvalue weighted by molar-refractivity contribution is 0.415. The SMILES string of the molecule is COc1ccc2cc(C(C)(C)C)n(Cc3ccccc3)c2c1. The van der Waals surface area contributed by atoms with Crippen molar-refractivity contribution >= 4 is 10.9 Å². The molecule has 22 heavy (non-hydrogen) atoms. The van der Waals surface area contributed by atoms with E-state index in [1.807, 2.05) is 6.07 Å². The molecule has 2 aromatic carbocycles. The van der Waals surface area contributed by atoms with E-state index in [0.717, 1.165) is 12.3 Å². The normalized spacial score (nSPS) is 11.8. The highest BCUT2D eigenvalue weighted by Crippen LogP contribution is 2.32. The summed E-state index contributed by atoms with van der Waals surface area (Å²) in [6.07, 6.45) is 0. The zero-order valence-corrected chi connectivity index (χ0v) is 13.8. The third-order valence-corrected chi connectivity index (χ3v) is 4.06. The van der Waals surface area contributed by atoms with Crippen LogP contribution in [0, 0.1) is 0 Å². The van der Waals surface area contributed by atoms with Crippen molar-refractivity contribution in [1.82, 2.24) is 4.57 Å². The van der Waals surface area contributed by atoms with Crippen molar-refractivity contribution in [3.63, 3.8) is 0 Å². The van der Waals surface area contributed by atoms with Crippen molar-refractivity contribution in [3.05, 3.63) is 65.9 Å². The Morgan fingerprint density at radius 2 is 1.68 bits per heavy atom. The first-order valence-corrected chi connectivity index (χ1v) is 7.71. The Bertz CT molecular complexity index is 779. The Hall–Kier alpha value is -2.22. The molecule has 114 valence electrons. The van der Waals surface area contributed by atoms with Crippen LogP contribution in [0.25, 0.3) is 10.9 Å². The maximum Gasteiger partial charge on any atom is 0.120 e. The van der Waals surface area contributed by atoms with Crippen LogP contribution in [-0.2, 0) is 12.0 Å². The zero-order valence-electron chi connectivity index (χ0n) is 13.8. The molecule has 0 amide bonds. The van der Waals surface area contributed by atoms with Gasteiger partial charge < -0.3 is 9.30 Å². The molecule has 0 unspecified atom stereocenters. The molecule has 0 saturated carbocycles. The summed E-state index contributed by atoms with van der Waals surface area (Å²) in [7, 11) is 1.72. The molecule has 0 spiro atoms. The van der Waals surface area contributed by atoms with Crippen LogP contribution in [-0.4, -0.2) is 11.7 Å². The number of hydrogen-bond donors (Lipinski definition) is 0. The predicted molar refractivity (Wildman–Crippen MR) is 92.7 cm³/mol. The average molecular weight is 293 g/mol. The Kier molecular flexibility index (Phi) is 3.69. The van der Waals surface area contributed by atoms with Gasteiger partial charge in [-0.05, 0) is 23.8 Å². The van der Waals surface area contributed by atoms with Crippen LogP contribution in [0.2, 0.25) is 0 Å². The second kappa shape index (κ2) is 5.53. The van der Waals surface area contributed by atoms with Gasteiger partial charge in [0.15, 0.2) is 0 Å². The number of rotatable bonds is 3.